The number of hydrogen-bond acceptors (Lipinski definition) is 3. The molecule has 0 bridgehead atoms. The summed E-state index contributed by atoms with van der Waals surface area (Å²) >= 11 is 0. The average molecular weight is 274 g/mol. The maximum atomic E-state index is 13.1. The van der Waals surface area contributed by atoms with Gasteiger partial charge in [-0.2, -0.15) is 0 Å². The second kappa shape index (κ2) is 6.07. The molecule has 104 valence electrons. The maximum Gasteiger partial charge on any atom is 0.488 e. The fourth-order valence-corrected chi connectivity index (χ4v) is 1.96. The predicted molar refractivity (Wildman–Crippen MR) is 76.5 cm³/mol. The van der Waals surface area contributed by atoms with E-state index in [1.54, 1.807) is 0 Å². The molecular weight excluding hydrogens is 258 g/mol. The van der Waals surface area contributed by atoms with Crippen LogP contribution in [0.3, 0.4) is 0 Å². The first kappa shape index (κ1) is 14.6. The molecule has 0 aliphatic carbocycles. The minimum Gasteiger partial charge on any atom is -0.489 e. The highest BCUT2D eigenvalue weighted by Crippen LogP contribution is 2.20. The largest absolute Gasteiger partial charge is 0.489 e. The summed E-state index contributed by atoms with van der Waals surface area (Å²) < 4.78 is 18.8. The number of halogens is 1. The Balaban J connectivity index is 2.20. The van der Waals surface area contributed by atoms with Gasteiger partial charge in [-0.3, -0.25) is 0 Å². The summed E-state index contributed by atoms with van der Waals surface area (Å²) in [5, 5.41) is 18.5. The molecule has 0 atom stereocenters. The molecule has 0 unspecified atom stereocenters. The fraction of sp³-hybridized carbons (Fsp3) is 0.200. The van der Waals surface area contributed by atoms with Gasteiger partial charge in [-0.1, -0.05) is 18.2 Å². The molecule has 0 saturated carbocycles. The number of hydrogen-bond donors (Lipinski definition) is 2. The van der Waals surface area contributed by atoms with Crippen LogP contribution in [0.2, 0.25) is 0 Å². The summed E-state index contributed by atoms with van der Waals surface area (Å²) in [5.74, 6) is 0.219. The van der Waals surface area contributed by atoms with Crippen LogP contribution in [0.25, 0.3) is 0 Å². The van der Waals surface area contributed by atoms with Crippen molar-refractivity contribution in [3.63, 3.8) is 0 Å². The second-order valence-electron chi connectivity index (χ2n) is 4.77. The van der Waals surface area contributed by atoms with E-state index in [4.69, 9.17) is 4.74 Å². The normalized spacial score (nSPS) is 10.4. The SMILES string of the molecule is Cc1ccc(C)c(OCc2ccc(F)cc2B(O)O)c1. The third-order valence-corrected chi connectivity index (χ3v) is 3.11. The van der Waals surface area contributed by atoms with Crippen LogP contribution in [0.15, 0.2) is 36.4 Å². The van der Waals surface area contributed by atoms with Crippen molar-refractivity contribution in [3.05, 3.63) is 58.9 Å². The van der Waals surface area contributed by atoms with Crippen molar-refractivity contribution in [3.8, 4) is 5.75 Å². The van der Waals surface area contributed by atoms with E-state index in [0.717, 1.165) is 22.9 Å². The number of ether oxygens (including phenoxy) is 1. The lowest BCUT2D eigenvalue weighted by molar-refractivity contribution is 0.304. The molecule has 2 rings (SSSR count). The third-order valence-electron chi connectivity index (χ3n) is 3.11. The van der Waals surface area contributed by atoms with E-state index in [0.29, 0.717) is 5.56 Å². The summed E-state index contributed by atoms with van der Waals surface area (Å²) in [7, 11) is -1.72. The van der Waals surface area contributed by atoms with Crippen molar-refractivity contribution in [1.82, 2.24) is 0 Å². The van der Waals surface area contributed by atoms with Gasteiger partial charge in [-0.05, 0) is 54.2 Å². The topological polar surface area (TPSA) is 49.7 Å². The van der Waals surface area contributed by atoms with Crippen LogP contribution in [0.1, 0.15) is 16.7 Å². The molecule has 0 aromatic heterocycles. The van der Waals surface area contributed by atoms with Crippen molar-refractivity contribution in [2.24, 2.45) is 0 Å². The smallest absolute Gasteiger partial charge is 0.488 e. The Morgan fingerprint density at radius 2 is 1.85 bits per heavy atom. The van der Waals surface area contributed by atoms with Gasteiger partial charge in [-0.25, -0.2) is 4.39 Å². The highest BCUT2D eigenvalue weighted by atomic mass is 19.1. The van der Waals surface area contributed by atoms with Gasteiger partial charge in [0.1, 0.15) is 18.2 Å². The highest BCUT2D eigenvalue weighted by molar-refractivity contribution is 6.59. The van der Waals surface area contributed by atoms with E-state index >= 15 is 0 Å². The molecule has 0 heterocycles. The van der Waals surface area contributed by atoms with E-state index in [2.05, 4.69) is 0 Å². The van der Waals surface area contributed by atoms with Gasteiger partial charge in [-0.15, -0.1) is 0 Å². The summed E-state index contributed by atoms with van der Waals surface area (Å²) in [6.45, 7) is 4.05. The Kier molecular flexibility index (Phi) is 4.42. The standard InChI is InChI=1S/C15H16BFO3/c1-10-3-4-11(2)15(7-10)20-9-12-5-6-13(17)8-14(12)16(18)19/h3-8,18-19H,9H2,1-2H3. The van der Waals surface area contributed by atoms with Crippen LogP contribution in [0.5, 0.6) is 5.75 Å². The highest BCUT2D eigenvalue weighted by Gasteiger charge is 2.17. The lowest BCUT2D eigenvalue weighted by atomic mass is 9.77. The van der Waals surface area contributed by atoms with Crippen molar-refractivity contribution < 1.29 is 19.2 Å². The van der Waals surface area contributed by atoms with Gasteiger partial charge in [0.05, 0.1) is 0 Å². The zero-order valence-electron chi connectivity index (χ0n) is 11.4. The Bertz CT molecular complexity index is 614. The average Bonchev–Trinajstić information content (AvgIpc) is 2.40. The molecule has 2 N–H and O–H groups in total. The minimum atomic E-state index is -1.72. The monoisotopic (exact) mass is 274 g/mol. The number of rotatable bonds is 4. The van der Waals surface area contributed by atoms with Crippen molar-refractivity contribution in [2.75, 3.05) is 0 Å². The summed E-state index contributed by atoms with van der Waals surface area (Å²) in [5.41, 5.74) is 2.73. The molecule has 20 heavy (non-hydrogen) atoms. The van der Waals surface area contributed by atoms with Crippen molar-refractivity contribution in [1.29, 1.82) is 0 Å². The number of aryl methyl sites for hydroxylation is 2. The van der Waals surface area contributed by atoms with E-state index in [1.165, 1.54) is 12.1 Å². The quantitative estimate of drug-likeness (QED) is 0.834. The molecule has 0 spiro atoms. The third kappa shape index (κ3) is 3.38. The molecular formula is C15H16BFO3. The molecule has 3 nitrogen and oxygen atoms in total. The van der Waals surface area contributed by atoms with Crippen LogP contribution in [0.4, 0.5) is 4.39 Å². The van der Waals surface area contributed by atoms with Gasteiger partial charge in [0.15, 0.2) is 0 Å². The molecule has 5 heteroatoms. The molecule has 0 aliphatic heterocycles. The van der Waals surface area contributed by atoms with Crippen LogP contribution < -0.4 is 10.2 Å². The first-order valence-corrected chi connectivity index (χ1v) is 6.32. The molecule has 0 amide bonds. The lowest BCUT2D eigenvalue weighted by Gasteiger charge is -2.13. The lowest BCUT2D eigenvalue weighted by Crippen LogP contribution is -2.34. The maximum absolute atomic E-state index is 13.1. The van der Waals surface area contributed by atoms with Gasteiger partial charge in [0, 0.05) is 0 Å². The molecule has 0 radical (unpaired) electrons. The molecule has 0 saturated heterocycles. The van der Waals surface area contributed by atoms with Gasteiger partial charge >= 0.3 is 7.12 Å². The van der Waals surface area contributed by atoms with E-state index < -0.39 is 12.9 Å². The number of benzene rings is 2. The van der Waals surface area contributed by atoms with Gasteiger partial charge in [0.2, 0.25) is 0 Å². The van der Waals surface area contributed by atoms with Crippen LogP contribution >= 0.6 is 0 Å². The predicted octanol–water partition coefficient (Wildman–Crippen LogP) is 1.70. The molecule has 0 aliphatic rings. The van der Waals surface area contributed by atoms with Gasteiger partial charge in [0.25, 0.3) is 0 Å². The summed E-state index contributed by atoms with van der Waals surface area (Å²) in [6.07, 6.45) is 0. The van der Waals surface area contributed by atoms with E-state index in [1.807, 2.05) is 32.0 Å². The Morgan fingerprint density at radius 1 is 1.10 bits per heavy atom. The van der Waals surface area contributed by atoms with Crippen molar-refractivity contribution in [2.45, 2.75) is 20.5 Å². The first-order chi connectivity index (χ1) is 9.47. The second-order valence-corrected chi connectivity index (χ2v) is 4.77. The molecule has 0 fully saturated rings. The minimum absolute atomic E-state index is 0.121. The van der Waals surface area contributed by atoms with Crippen LogP contribution in [0, 0.1) is 19.7 Å². The van der Waals surface area contributed by atoms with E-state index in [-0.39, 0.29) is 12.1 Å². The zero-order chi connectivity index (χ0) is 14.7. The fourth-order valence-electron chi connectivity index (χ4n) is 1.96. The summed E-state index contributed by atoms with van der Waals surface area (Å²) in [6, 6.07) is 9.73. The van der Waals surface area contributed by atoms with Crippen molar-refractivity contribution >= 4 is 12.6 Å². The summed E-state index contributed by atoms with van der Waals surface area (Å²) in [4.78, 5) is 0. The van der Waals surface area contributed by atoms with Gasteiger partial charge < -0.3 is 14.8 Å². The zero-order valence-corrected chi connectivity index (χ0v) is 11.4. The molecule has 2 aromatic rings. The van der Waals surface area contributed by atoms with Crippen LogP contribution in [-0.2, 0) is 6.61 Å². The van der Waals surface area contributed by atoms with Crippen LogP contribution in [-0.4, -0.2) is 17.2 Å². The first-order valence-electron chi connectivity index (χ1n) is 6.32. The Morgan fingerprint density at radius 3 is 2.55 bits per heavy atom. The Labute approximate surface area is 117 Å². The van der Waals surface area contributed by atoms with E-state index in [9.17, 15) is 14.4 Å². The molecule has 2 aromatic carbocycles. The Hall–Kier alpha value is -1.85.